The highest BCUT2D eigenvalue weighted by atomic mass is 35.5. The fourth-order valence-corrected chi connectivity index (χ4v) is 1.77. The molecule has 0 saturated heterocycles. The summed E-state index contributed by atoms with van der Waals surface area (Å²) in [4.78, 5) is 0. The van der Waals surface area contributed by atoms with Gasteiger partial charge in [0.1, 0.15) is 11.9 Å². The van der Waals surface area contributed by atoms with Crippen molar-refractivity contribution < 1.29 is 4.39 Å². The number of halogens is 2. The molecule has 2 aromatic carbocycles. The van der Waals surface area contributed by atoms with Crippen LogP contribution in [0.5, 0.6) is 0 Å². The number of nitrogens with zero attached hydrogens (tertiary/aromatic N) is 1. The van der Waals surface area contributed by atoms with E-state index in [-0.39, 0.29) is 5.02 Å². The van der Waals surface area contributed by atoms with Gasteiger partial charge in [-0.3, -0.25) is 0 Å². The van der Waals surface area contributed by atoms with Crippen LogP contribution >= 0.6 is 11.6 Å². The van der Waals surface area contributed by atoms with Gasteiger partial charge in [0.15, 0.2) is 0 Å². The van der Waals surface area contributed by atoms with Gasteiger partial charge in [-0.2, -0.15) is 5.26 Å². The standard InChI is InChI=1S/C14H10ClFN2/c1-9-2-5-14(10(6-9)8-17)18-11-3-4-13(16)12(15)7-11/h2-7,18H,1H3. The van der Waals surface area contributed by atoms with E-state index in [1.807, 2.05) is 19.1 Å². The summed E-state index contributed by atoms with van der Waals surface area (Å²) in [5, 5.41) is 12.1. The molecule has 18 heavy (non-hydrogen) atoms. The average molecular weight is 261 g/mol. The summed E-state index contributed by atoms with van der Waals surface area (Å²) >= 11 is 5.70. The molecule has 4 heteroatoms. The van der Waals surface area contributed by atoms with Crippen LogP contribution in [0.25, 0.3) is 0 Å². The minimum Gasteiger partial charge on any atom is -0.354 e. The normalized spacial score (nSPS) is 9.89. The Kier molecular flexibility index (Phi) is 3.50. The predicted octanol–water partition coefficient (Wildman–Crippen LogP) is 4.40. The Bertz CT molecular complexity index is 632. The highest BCUT2D eigenvalue weighted by Gasteiger charge is 2.05. The SMILES string of the molecule is Cc1ccc(Nc2ccc(F)c(Cl)c2)c(C#N)c1. The predicted molar refractivity (Wildman–Crippen MR) is 70.6 cm³/mol. The smallest absolute Gasteiger partial charge is 0.141 e. The molecule has 0 aliphatic heterocycles. The summed E-state index contributed by atoms with van der Waals surface area (Å²) in [5.74, 6) is -0.466. The van der Waals surface area contributed by atoms with Crippen molar-refractivity contribution in [3.8, 4) is 6.07 Å². The maximum Gasteiger partial charge on any atom is 0.141 e. The van der Waals surface area contributed by atoms with Gasteiger partial charge in [0.05, 0.1) is 16.3 Å². The van der Waals surface area contributed by atoms with Crippen LogP contribution in [0.1, 0.15) is 11.1 Å². The molecule has 0 radical (unpaired) electrons. The third-order valence-corrected chi connectivity index (χ3v) is 2.78. The molecule has 0 aliphatic carbocycles. The van der Waals surface area contributed by atoms with Gasteiger partial charge in [-0.05, 0) is 42.8 Å². The average Bonchev–Trinajstić information content (AvgIpc) is 2.36. The van der Waals surface area contributed by atoms with Gasteiger partial charge >= 0.3 is 0 Å². The maximum absolute atomic E-state index is 13.0. The topological polar surface area (TPSA) is 35.8 Å². The molecular weight excluding hydrogens is 251 g/mol. The number of anilines is 2. The lowest BCUT2D eigenvalue weighted by Crippen LogP contribution is -1.94. The van der Waals surface area contributed by atoms with Crippen molar-refractivity contribution in [3.05, 3.63) is 58.4 Å². The van der Waals surface area contributed by atoms with Gasteiger partial charge < -0.3 is 5.32 Å². The Morgan fingerprint density at radius 3 is 2.67 bits per heavy atom. The van der Waals surface area contributed by atoms with Gasteiger partial charge in [0.25, 0.3) is 0 Å². The number of nitriles is 1. The van der Waals surface area contributed by atoms with E-state index in [0.29, 0.717) is 16.9 Å². The highest BCUT2D eigenvalue weighted by Crippen LogP contribution is 2.25. The van der Waals surface area contributed by atoms with Crippen LogP contribution in [-0.4, -0.2) is 0 Å². The quantitative estimate of drug-likeness (QED) is 0.869. The van der Waals surface area contributed by atoms with Crippen LogP contribution in [0.3, 0.4) is 0 Å². The van der Waals surface area contributed by atoms with E-state index in [2.05, 4.69) is 11.4 Å². The fraction of sp³-hybridized carbons (Fsp3) is 0.0714. The molecule has 2 rings (SSSR count). The molecule has 1 N–H and O–H groups in total. The zero-order chi connectivity index (χ0) is 13.1. The molecule has 0 atom stereocenters. The second-order valence-electron chi connectivity index (χ2n) is 3.91. The van der Waals surface area contributed by atoms with Gasteiger partial charge in [-0.1, -0.05) is 17.7 Å². The third kappa shape index (κ3) is 2.61. The summed E-state index contributed by atoms with van der Waals surface area (Å²) in [5.41, 5.74) is 2.86. The van der Waals surface area contributed by atoms with Crippen LogP contribution in [-0.2, 0) is 0 Å². The number of nitrogens with one attached hydrogen (secondary N) is 1. The van der Waals surface area contributed by atoms with Gasteiger partial charge in [0.2, 0.25) is 0 Å². The largest absolute Gasteiger partial charge is 0.354 e. The van der Waals surface area contributed by atoms with Crippen LogP contribution in [0.2, 0.25) is 5.02 Å². The van der Waals surface area contributed by atoms with Crippen molar-refractivity contribution in [2.75, 3.05) is 5.32 Å². The first-order valence-corrected chi connectivity index (χ1v) is 5.71. The molecule has 0 spiro atoms. The number of hydrogen-bond donors (Lipinski definition) is 1. The molecule has 2 nitrogen and oxygen atoms in total. The van der Waals surface area contributed by atoms with Crippen molar-refractivity contribution in [2.45, 2.75) is 6.92 Å². The molecule has 0 heterocycles. The molecule has 0 aliphatic rings. The molecular formula is C14H10ClFN2. The van der Waals surface area contributed by atoms with E-state index in [1.165, 1.54) is 12.1 Å². The summed E-state index contributed by atoms with van der Waals surface area (Å²) < 4.78 is 13.0. The summed E-state index contributed by atoms with van der Waals surface area (Å²) in [6, 6.07) is 11.9. The van der Waals surface area contributed by atoms with E-state index in [4.69, 9.17) is 16.9 Å². The van der Waals surface area contributed by atoms with Crippen molar-refractivity contribution in [2.24, 2.45) is 0 Å². The van der Waals surface area contributed by atoms with Gasteiger partial charge in [-0.15, -0.1) is 0 Å². The molecule has 0 amide bonds. The Labute approximate surface area is 110 Å². The number of aryl methyl sites for hydroxylation is 1. The Morgan fingerprint density at radius 1 is 1.22 bits per heavy atom. The van der Waals surface area contributed by atoms with Crippen molar-refractivity contribution in [1.29, 1.82) is 5.26 Å². The van der Waals surface area contributed by atoms with Crippen LogP contribution < -0.4 is 5.32 Å². The first kappa shape index (κ1) is 12.4. The second-order valence-corrected chi connectivity index (χ2v) is 4.32. The van der Waals surface area contributed by atoms with Crippen molar-refractivity contribution in [1.82, 2.24) is 0 Å². The van der Waals surface area contributed by atoms with Crippen LogP contribution in [0.4, 0.5) is 15.8 Å². The van der Waals surface area contributed by atoms with E-state index < -0.39 is 5.82 Å². The van der Waals surface area contributed by atoms with E-state index >= 15 is 0 Å². The van der Waals surface area contributed by atoms with E-state index in [0.717, 1.165) is 5.56 Å². The monoisotopic (exact) mass is 260 g/mol. The maximum atomic E-state index is 13.0. The summed E-state index contributed by atoms with van der Waals surface area (Å²) in [6.45, 7) is 1.92. The molecule has 90 valence electrons. The minimum absolute atomic E-state index is 0.0469. The van der Waals surface area contributed by atoms with Gasteiger partial charge in [0, 0.05) is 5.69 Å². The lowest BCUT2D eigenvalue weighted by Gasteiger charge is -2.09. The number of hydrogen-bond acceptors (Lipinski definition) is 2. The number of benzene rings is 2. The second kappa shape index (κ2) is 5.07. The zero-order valence-electron chi connectivity index (χ0n) is 9.67. The van der Waals surface area contributed by atoms with E-state index in [9.17, 15) is 4.39 Å². The summed E-state index contributed by atoms with van der Waals surface area (Å²) in [7, 11) is 0. The van der Waals surface area contributed by atoms with Crippen LogP contribution in [0, 0.1) is 24.1 Å². The minimum atomic E-state index is -0.466. The number of rotatable bonds is 2. The lowest BCUT2D eigenvalue weighted by atomic mass is 10.1. The fourth-order valence-electron chi connectivity index (χ4n) is 1.59. The Balaban J connectivity index is 2.34. The molecule has 0 fully saturated rings. The zero-order valence-corrected chi connectivity index (χ0v) is 10.4. The first-order valence-electron chi connectivity index (χ1n) is 5.33. The molecule has 0 saturated carbocycles. The first-order chi connectivity index (χ1) is 8.60. The molecule has 2 aromatic rings. The van der Waals surface area contributed by atoms with E-state index in [1.54, 1.807) is 12.1 Å². The highest BCUT2D eigenvalue weighted by molar-refractivity contribution is 6.31. The Morgan fingerprint density at radius 2 is 2.00 bits per heavy atom. The Hall–Kier alpha value is -2.05. The summed E-state index contributed by atoms with van der Waals surface area (Å²) in [6.07, 6.45) is 0. The molecule has 0 bridgehead atoms. The van der Waals surface area contributed by atoms with Crippen LogP contribution in [0.15, 0.2) is 36.4 Å². The lowest BCUT2D eigenvalue weighted by molar-refractivity contribution is 0.628. The molecule has 0 aromatic heterocycles. The van der Waals surface area contributed by atoms with Gasteiger partial charge in [-0.25, -0.2) is 4.39 Å². The van der Waals surface area contributed by atoms with Crippen molar-refractivity contribution in [3.63, 3.8) is 0 Å². The van der Waals surface area contributed by atoms with Crippen molar-refractivity contribution >= 4 is 23.0 Å². The third-order valence-electron chi connectivity index (χ3n) is 2.49. The molecule has 0 unspecified atom stereocenters.